The molecule has 0 saturated heterocycles. The van der Waals surface area contributed by atoms with E-state index >= 15 is 0 Å². The summed E-state index contributed by atoms with van der Waals surface area (Å²) in [6, 6.07) is 9.57. The van der Waals surface area contributed by atoms with Gasteiger partial charge in [-0.25, -0.2) is 0 Å². The maximum atomic E-state index is 6.41. The van der Waals surface area contributed by atoms with E-state index in [-0.39, 0.29) is 6.04 Å². The van der Waals surface area contributed by atoms with Crippen LogP contribution in [0, 0.1) is 0 Å². The number of nitrogens with one attached hydrogen (secondary N) is 1. The molecular weight excluding hydrogens is 352 g/mol. The van der Waals surface area contributed by atoms with Gasteiger partial charge in [-0.3, -0.25) is 4.98 Å². The van der Waals surface area contributed by atoms with E-state index in [0.717, 1.165) is 34.4 Å². The van der Waals surface area contributed by atoms with Gasteiger partial charge in [-0.2, -0.15) is 0 Å². The minimum absolute atomic E-state index is 0.0956. The Balaban J connectivity index is 2.47. The highest BCUT2D eigenvalue weighted by molar-refractivity contribution is 9.10. The van der Waals surface area contributed by atoms with Crippen molar-refractivity contribution in [1.29, 1.82) is 0 Å². The van der Waals surface area contributed by atoms with Crippen molar-refractivity contribution >= 4 is 27.5 Å². The van der Waals surface area contributed by atoms with Gasteiger partial charge in [0.1, 0.15) is 11.4 Å². The highest BCUT2D eigenvalue weighted by atomic mass is 79.9. The Bertz CT molecular complexity index is 607. The van der Waals surface area contributed by atoms with Gasteiger partial charge in [-0.15, -0.1) is 0 Å². The zero-order valence-corrected chi connectivity index (χ0v) is 14.4. The van der Waals surface area contributed by atoms with Gasteiger partial charge in [-0.1, -0.05) is 40.5 Å². The molecule has 0 amide bonds. The number of rotatable bonds is 6. The van der Waals surface area contributed by atoms with Crippen molar-refractivity contribution in [3.8, 4) is 5.75 Å². The van der Waals surface area contributed by atoms with Crippen LogP contribution in [0.4, 0.5) is 0 Å². The molecule has 0 aliphatic carbocycles. The van der Waals surface area contributed by atoms with Gasteiger partial charge < -0.3 is 10.1 Å². The first-order valence-electron chi connectivity index (χ1n) is 6.84. The number of aromatic nitrogens is 1. The Morgan fingerprint density at radius 3 is 2.86 bits per heavy atom. The molecule has 0 radical (unpaired) electrons. The van der Waals surface area contributed by atoms with Crippen LogP contribution in [0.15, 0.2) is 41.0 Å². The standard InChI is InChI=1S/C16H18BrClN2O/c1-3-8-19-15(12-7-6-11(17)10-13(12)18)16-14(21-2)5-4-9-20-16/h4-7,9-10,15,19H,3,8H2,1-2H3. The highest BCUT2D eigenvalue weighted by Crippen LogP contribution is 2.33. The van der Waals surface area contributed by atoms with Gasteiger partial charge in [0.15, 0.2) is 0 Å². The van der Waals surface area contributed by atoms with Crippen LogP contribution in [0.2, 0.25) is 5.02 Å². The van der Waals surface area contributed by atoms with Gasteiger partial charge in [0.25, 0.3) is 0 Å². The minimum atomic E-state index is -0.0956. The fraction of sp³-hybridized carbons (Fsp3) is 0.312. The van der Waals surface area contributed by atoms with E-state index < -0.39 is 0 Å². The van der Waals surface area contributed by atoms with Gasteiger partial charge in [0.2, 0.25) is 0 Å². The Morgan fingerprint density at radius 1 is 1.38 bits per heavy atom. The topological polar surface area (TPSA) is 34.2 Å². The molecule has 1 N–H and O–H groups in total. The lowest BCUT2D eigenvalue weighted by Crippen LogP contribution is -2.25. The summed E-state index contributed by atoms with van der Waals surface area (Å²) in [5, 5.41) is 4.19. The fourth-order valence-electron chi connectivity index (χ4n) is 2.17. The molecule has 5 heteroatoms. The van der Waals surface area contributed by atoms with Crippen molar-refractivity contribution < 1.29 is 4.74 Å². The lowest BCUT2D eigenvalue weighted by atomic mass is 10.0. The number of ether oxygens (including phenoxy) is 1. The molecule has 0 aliphatic heterocycles. The van der Waals surface area contributed by atoms with E-state index in [0.29, 0.717) is 5.02 Å². The first-order valence-corrected chi connectivity index (χ1v) is 8.01. The van der Waals surface area contributed by atoms with Crippen LogP contribution in [-0.2, 0) is 0 Å². The second-order valence-corrected chi connectivity index (χ2v) is 5.97. The lowest BCUT2D eigenvalue weighted by molar-refractivity contribution is 0.400. The molecule has 2 aromatic rings. The number of hydrogen-bond donors (Lipinski definition) is 1. The maximum absolute atomic E-state index is 6.41. The highest BCUT2D eigenvalue weighted by Gasteiger charge is 2.21. The molecule has 0 aliphatic rings. The molecule has 0 fully saturated rings. The third kappa shape index (κ3) is 3.96. The molecule has 1 heterocycles. The average Bonchev–Trinajstić information content (AvgIpc) is 2.49. The van der Waals surface area contributed by atoms with Crippen molar-refractivity contribution in [1.82, 2.24) is 10.3 Å². The van der Waals surface area contributed by atoms with Crippen molar-refractivity contribution in [3.05, 3.63) is 57.3 Å². The Kier molecular flexibility index (Phi) is 6.03. The summed E-state index contributed by atoms with van der Waals surface area (Å²) in [6.45, 7) is 3.00. The SMILES string of the molecule is CCCNC(c1ccc(Br)cc1Cl)c1ncccc1OC. The van der Waals surface area contributed by atoms with Crippen LogP contribution in [0.1, 0.15) is 30.6 Å². The van der Waals surface area contributed by atoms with Crippen LogP contribution in [0.3, 0.4) is 0 Å². The number of halogens is 2. The van der Waals surface area contributed by atoms with Crippen molar-refractivity contribution in [2.45, 2.75) is 19.4 Å². The number of benzene rings is 1. The zero-order valence-electron chi connectivity index (χ0n) is 12.1. The molecule has 1 unspecified atom stereocenters. The summed E-state index contributed by atoms with van der Waals surface area (Å²) >= 11 is 9.85. The molecule has 1 aromatic heterocycles. The molecule has 0 saturated carbocycles. The molecule has 3 nitrogen and oxygen atoms in total. The smallest absolute Gasteiger partial charge is 0.142 e. The van der Waals surface area contributed by atoms with Gasteiger partial charge >= 0.3 is 0 Å². The summed E-state index contributed by atoms with van der Waals surface area (Å²) in [4.78, 5) is 4.48. The van der Waals surface area contributed by atoms with Crippen molar-refractivity contribution in [2.24, 2.45) is 0 Å². The molecule has 21 heavy (non-hydrogen) atoms. The van der Waals surface area contributed by atoms with Crippen LogP contribution >= 0.6 is 27.5 Å². The maximum Gasteiger partial charge on any atom is 0.142 e. The second-order valence-electron chi connectivity index (χ2n) is 4.64. The second kappa shape index (κ2) is 7.78. The van der Waals surface area contributed by atoms with Crippen molar-refractivity contribution in [3.63, 3.8) is 0 Å². The van der Waals surface area contributed by atoms with Crippen LogP contribution in [0.5, 0.6) is 5.75 Å². The number of hydrogen-bond acceptors (Lipinski definition) is 3. The van der Waals surface area contributed by atoms with E-state index in [4.69, 9.17) is 16.3 Å². The van der Waals surface area contributed by atoms with E-state index in [1.807, 2.05) is 30.3 Å². The molecule has 1 atom stereocenters. The molecule has 1 aromatic carbocycles. The number of pyridine rings is 1. The summed E-state index contributed by atoms with van der Waals surface area (Å²) in [5.41, 5.74) is 1.84. The Labute approximate surface area is 138 Å². The third-order valence-corrected chi connectivity index (χ3v) is 3.99. The molecule has 112 valence electrons. The van der Waals surface area contributed by atoms with E-state index in [9.17, 15) is 0 Å². The largest absolute Gasteiger partial charge is 0.495 e. The summed E-state index contributed by atoms with van der Waals surface area (Å²) in [5.74, 6) is 0.755. The number of methoxy groups -OCH3 is 1. The quantitative estimate of drug-likeness (QED) is 0.808. The van der Waals surface area contributed by atoms with E-state index in [2.05, 4.69) is 33.2 Å². The molecule has 2 rings (SSSR count). The summed E-state index contributed by atoms with van der Waals surface area (Å²) < 4.78 is 6.39. The average molecular weight is 370 g/mol. The minimum Gasteiger partial charge on any atom is -0.495 e. The normalized spacial score (nSPS) is 12.2. The molecular formula is C16H18BrClN2O. The molecule has 0 spiro atoms. The fourth-order valence-corrected chi connectivity index (χ4v) is 2.95. The monoisotopic (exact) mass is 368 g/mol. The Morgan fingerprint density at radius 2 is 2.19 bits per heavy atom. The first-order chi connectivity index (χ1) is 10.2. The predicted molar refractivity (Wildman–Crippen MR) is 90.1 cm³/mol. The lowest BCUT2D eigenvalue weighted by Gasteiger charge is -2.21. The molecule has 0 bridgehead atoms. The van der Waals surface area contributed by atoms with Gasteiger partial charge in [0.05, 0.1) is 13.2 Å². The number of nitrogens with zero attached hydrogens (tertiary/aromatic N) is 1. The predicted octanol–water partition coefficient (Wildman–Crippen LogP) is 4.60. The summed E-state index contributed by atoms with van der Waals surface area (Å²) in [7, 11) is 1.65. The van der Waals surface area contributed by atoms with Crippen molar-refractivity contribution in [2.75, 3.05) is 13.7 Å². The Hall–Kier alpha value is -1.10. The summed E-state index contributed by atoms with van der Waals surface area (Å²) in [6.07, 6.45) is 2.80. The van der Waals surface area contributed by atoms with Crippen LogP contribution in [-0.4, -0.2) is 18.6 Å². The van der Waals surface area contributed by atoms with Crippen LogP contribution < -0.4 is 10.1 Å². The van der Waals surface area contributed by atoms with Crippen LogP contribution in [0.25, 0.3) is 0 Å². The van der Waals surface area contributed by atoms with E-state index in [1.165, 1.54) is 0 Å². The first kappa shape index (κ1) is 16.3. The van der Waals surface area contributed by atoms with E-state index in [1.54, 1.807) is 13.3 Å². The van der Waals surface area contributed by atoms with Gasteiger partial charge in [-0.05, 0) is 42.8 Å². The third-order valence-electron chi connectivity index (χ3n) is 3.17. The zero-order chi connectivity index (χ0) is 15.2. The van der Waals surface area contributed by atoms with Gasteiger partial charge in [0, 0.05) is 15.7 Å².